The van der Waals surface area contributed by atoms with Gasteiger partial charge in [-0.05, 0) is 55.5 Å². The number of carbonyl (C=O) groups excluding carboxylic acids is 2. The highest BCUT2D eigenvalue weighted by molar-refractivity contribution is 5.83. The number of nitrogens with zero attached hydrogens (tertiary/aromatic N) is 4. The zero-order valence-corrected chi connectivity index (χ0v) is 21.1. The first-order valence-electron chi connectivity index (χ1n) is 13.1. The zero-order chi connectivity index (χ0) is 25.6. The minimum absolute atomic E-state index is 0.000536. The number of ether oxygens (including phenoxy) is 1. The van der Waals surface area contributed by atoms with Crippen molar-refractivity contribution in [2.24, 2.45) is 5.92 Å². The topological polar surface area (TPSA) is 110 Å². The number of pyridine rings is 1. The van der Waals surface area contributed by atoms with E-state index < -0.39 is 0 Å². The summed E-state index contributed by atoms with van der Waals surface area (Å²) < 4.78 is 11.0. The van der Waals surface area contributed by atoms with E-state index in [9.17, 15) is 9.59 Å². The summed E-state index contributed by atoms with van der Waals surface area (Å²) in [6, 6.07) is 11.1. The number of hydrogen-bond acceptors (Lipinski definition) is 7. The monoisotopic (exact) mass is 503 g/mol. The van der Waals surface area contributed by atoms with Crippen LogP contribution in [0.5, 0.6) is 5.75 Å². The van der Waals surface area contributed by atoms with Gasteiger partial charge in [0.2, 0.25) is 23.5 Å². The molecule has 2 fully saturated rings. The number of hydrogen-bond donors (Lipinski definition) is 1. The lowest BCUT2D eigenvalue weighted by Gasteiger charge is -2.33. The normalized spacial score (nSPS) is 22.6. The van der Waals surface area contributed by atoms with E-state index in [1.54, 1.807) is 19.5 Å². The van der Waals surface area contributed by atoms with Crippen LogP contribution in [0.25, 0.3) is 11.4 Å². The van der Waals surface area contributed by atoms with Crippen LogP contribution in [0.1, 0.15) is 55.9 Å². The van der Waals surface area contributed by atoms with Gasteiger partial charge in [0.25, 0.3) is 0 Å². The van der Waals surface area contributed by atoms with E-state index in [0.717, 1.165) is 42.6 Å². The molecule has 1 saturated carbocycles. The summed E-state index contributed by atoms with van der Waals surface area (Å²) in [7, 11) is 1.62. The predicted octanol–water partition coefficient (Wildman–Crippen LogP) is 3.76. The third kappa shape index (κ3) is 5.81. The van der Waals surface area contributed by atoms with Crippen LogP contribution in [0.15, 0.2) is 53.3 Å². The Morgan fingerprint density at radius 1 is 1.16 bits per heavy atom. The van der Waals surface area contributed by atoms with E-state index in [1.165, 1.54) is 0 Å². The van der Waals surface area contributed by atoms with Crippen molar-refractivity contribution in [2.75, 3.05) is 20.2 Å². The maximum atomic E-state index is 13.7. The highest BCUT2D eigenvalue weighted by Gasteiger charge is 2.45. The Morgan fingerprint density at radius 2 is 2.05 bits per heavy atom. The highest BCUT2D eigenvalue weighted by Crippen LogP contribution is 2.41. The first kappa shape index (κ1) is 24.9. The smallest absolute Gasteiger partial charge is 0.230 e. The second kappa shape index (κ2) is 11.5. The van der Waals surface area contributed by atoms with Crippen molar-refractivity contribution in [1.29, 1.82) is 0 Å². The number of fused-ring (bicyclic) bond motifs is 1. The van der Waals surface area contributed by atoms with Crippen LogP contribution in [0, 0.1) is 5.92 Å². The van der Waals surface area contributed by atoms with Crippen molar-refractivity contribution >= 4 is 11.8 Å². The molecule has 1 saturated heterocycles. The molecule has 1 aliphatic carbocycles. The van der Waals surface area contributed by atoms with E-state index in [0.29, 0.717) is 37.6 Å². The molecule has 2 aliphatic rings. The van der Waals surface area contributed by atoms with Gasteiger partial charge in [-0.25, -0.2) is 0 Å². The van der Waals surface area contributed by atoms with Crippen molar-refractivity contribution in [1.82, 2.24) is 25.3 Å². The van der Waals surface area contributed by atoms with E-state index in [1.807, 2.05) is 41.3 Å². The van der Waals surface area contributed by atoms with Gasteiger partial charge in [0.1, 0.15) is 5.75 Å². The van der Waals surface area contributed by atoms with Gasteiger partial charge >= 0.3 is 0 Å². The van der Waals surface area contributed by atoms with Crippen LogP contribution in [0.3, 0.4) is 0 Å². The van der Waals surface area contributed by atoms with Gasteiger partial charge in [0.15, 0.2) is 0 Å². The highest BCUT2D eigenvalue weighted by atomic mass is 16.5. The third-order valence-corrected chi connectivity index (χ3v) is 7.41. The van der Waals surface area contributed by atoms with Crippen LogP contribution < -0.4 is 10.1 Å². The van der Waals surface area contributed by atoms with Gasteiger partial charge in [0, 0.05) is 43.0 Å². The van der Waals surface area contributed by atoms with E-state index in [4.69, 9.17) is 9.26 Å². The van der Waals surface area contributed by atoms with E-state index in [-0.39, 0.29) is 36.1 Å². The maximum Gasteiger partial charge on any atom is 0.230 e. The zero-order valence-electron chi connectivity index (χ0n) is 21.1. The Hall–Kier alpha value is -3.75. The standard InChI is InChI=1S/C28H33N5O4/c1-36-22-10-6-8-19(14-22)15-25(34)33-13-5-3-2-4-12-30-27(35)23-16-21(17-24(23)33)28-31-26(32-37-28)20-9-7-11-29-18-20/h6-11,14,18,21,23-24H,2-5,12-13,15-17H2,1H3,(H,30,35)/t21-,23-,24+/m0/s1. The number of methoxy groups -OCH3 is 1. The summed E-state index contributed by atoms with van der Waals surface area (Å²) in [6.45, 7) is 1.30. The van der Waals surface area contributed by atoms with Crippen molar-refractivity contribution in [3.8, 4) is 17.1 Å². The van der Waals surface area contributed by atoms with Gasteiger partial charge < -0.3 is 19.5 Å². The molecule has 0 bridgehead atoms. The summed E-state index contributed by atoms with van der Waals surface area (Å²) >= 11 is 0. The summed E-state index contributed by atoms with van der Waals surface area (Å²) in [5.74, 6) is 1.30. The first-order valence-corrected chi connectivity index (χ1v) is 13.1. The molecule has 9 nitrogen and oxygen atoms in total. The molecule has 0 spiro atoms. The lowest BCUT2D eigenvalue weighted by molar-refractivity contribution is -0.136. The van der Waals surface area contributed by atoms with Gasteiger partial charge in [-0.1, -0.05) is 30.1 Å². The Kier molecular flexibility index (Phi) is 7.77. The van der Waals surface area contributed by atoms with Crippen molar-refractivity contribution in [3.05, 3.63) is 60.2 Å². The Balaban J connectivity index is 1.40. The van der Waals surface area contributed by atoms with E-state index >= 15 is 0 Å². The molecule has 3 atom stereocenters. The van der Waals surface area contributed by atoms with Crippen molar-refractivity contribution in [3.63, 3.8) is 0 Å². The minimum Gasteiger partial charge on any atom is -0.497 e. The summed E-state index contributed by atoms with van der Waals surface area (Å²) in [4.78, 5) is 37.7. The molecular weight excluding hydrogens is 470 g/mol. The summed E-state index contributed by atoms with van der Waals surface area (Å²) in [5.41, 5.74) is 1.67. The van der Waals surface area contributed by atoms with E-state index in [2.05, 4.69) is 20.4 Å². The van der Waals surface area contributed by atoms with Gasteiger partial charge in [0.05, 0.1) is 19.4 Å². The molecule has 2 aromatic heterocycles. The molecule has 1 aliphatic heterocycles. The predicted molar refractivity (Wildman–Crippen MR) is 137 cm³/mol. The fourth-order valence-corrected chi connectivity index (χ4v) is 5.49. The van der Waals surface area contributed by atoms with Gasteiger partial charge in [-0.15, -0.1) is 0 Å². The average Bonchev–Trinajstić information content (AvgIpc) is 3.58. The lowest BCUT2D eigenvalue weighted by Crippen LogP contribution is -2.47. The second-order valence-electron chi connectivity index (χ2n) is 9.86. The molecule has 37 heavy (non-hydrogen) atoms. The fourth-order valence-electron chi connectivity index (χ4n) is 5.49. The molecule has 194 valence electrons. The van der Waals surface area contributed by atoms with Crippen LogP contribution in [0.2, 0.25) is 0 Å². The number of benzene rings is 1. The SMILES string of the molecule is COc1cccc(CC(=O)N2CCCCCCNC(=O)[C@H]3C[C@H](c4nc(-c5cccnc5)no4)C[C@H]32)c1. The molecule has 3 heterocycles. The van der Waals surface area contributed by atoms with Gasteiger partial charge in [-0.3, -0.25) is 14.6 Å². The second-order valence-corrected chi connectivity index (χ2v) is 9.86. The minimum atomic E-state index is -0.328. The quantitative estimate of drug-likeness (QED) is 0.564. The third-order valence-electron chi connectivity index (χ3n) is 7.41. The largest absolute Gasteiger partial charge is 0.497 e. The number of rotatable bonds is 5. The first-order chi connectivity index (χ1) is 18.1. The van der Waals surface area contributed by atoms with Crippen LogP contribution in [-0.4, -0.2) is 58.1 Å². The molecule has 9 heteroatoms. The Labute approximate surface area is 216 Å². The number of nitrogens with one attached hydrogen (secondary N) is 1. The molecule has 0 unspecified atom stereocenters. The molecule has 1 aromatic carbocycles. The Morgan fingerprint density at radius 3 is 2.89 bits per heavy atom. The molecule has 2 amide bonds. The lowest BCUT2D eigenvalue weighted by atomic mass is 9.99. The van der Waals surface area contributed by atoms with Gasteiger partial charge in [-0.2, -0.15) is 4.98 Å². The number of aromatic nitrogens is 3. The number of carbonyl (C=O) groups is 2. The molecule has 3 aromatic rings. The fraction of sp³-hybridized carbons (Fsp3) is 0.464. The maximum absolute atomic E-state index is 13.7. The molecule has 1 N–H and O–H groups in total. The molecule has 5 rings (SSSR count). The Bertz CT molecular complexity index is 1210. The summed E-state index contributed by atoms with van der Waals surface area (Å²) in [6.07, 6.45) is 8.75. The molecule has 0 radical (unpaired) electrons. The molecular formula is C28H33N5O4. The average molecular weight is 504 g/mol. The van der Waals surface area contributed by atoms with Crippen molar-refractivity contribution < 1.29 is 18.8 Å². The van der Waals surface area contributed by atoms with Crippen LogP contribution >= 0.6 is 0 Å². The van der Waals surface area contributed by atoms with Crippen LogP contribution in [-0.2, 0) is 16.0 Å². The summed E-state index contributed by atoms with van der Waals surface area (Å²) in [5, 5.41) is 7.26. The number of amides is 2. The van der Waals surface area contributed by atoms with Crippen LogP contribution in [0.4, 0.5) is 0 Å². The van der Waals surface area contributed by atoms with Crippen molar-refractivity contribution in [2.45, 2.75) is 56.9 Å².